The molecule has 8 heteroatoms. The van der Waals surface area contributed by atoms with Gasteiger partial charge in [-0.1, -0.05) is 35.9 Å². The number of piperazine rings is 1. The van der Waals surface area contributed by atoms with E-state index in [9.17, 15) is 14.3 Å². The molecular weight excluding hydrogens is 507 g/mol. The first-order chi connectivity index (χ1) is 18.3. The van der Waals surface area contributed by atoms with Crippen LogP contribution in [0.25, 0.3) is 10.8 Å². The van der Waals surface area contributed by atoms with Gasteiger partial charge in [-0.25, -0.2) is 9.18 Å². The lowest BCUT2D eigenvalue weighted by atomic mass is 9.70. The van der Waals surface area contributed by atoms with Crippen molar-refractivity contribution >= 4 is 28.3 Å². The number of hydrogen-bond acceptors (Lipinski definition) is 6. The largest absolute Gasteiger partial charge is 0.497 e. The van der Waals surface area contributed by atoms with Crippen LogP contribution >= 0.6 is 11.6 Å². The Balaban J connectivity index is 1.41. The first-order valence-corrected chi connectivity index (χ1v) is 13.5. The number of fused-ring (bicyclic) bond motifs is 1. The van der Waals surface area contributed by atoms with Crippen molar-refractivity contribution in [1.82, 2.24) is 9.80 Å². The summed E-state index contributed by atoms with van der Waals surface area (Å²) >= 11 is 6.10. The third kappa shape index (κ3) is 5.52. The van der Waals surface area contributed by atoms with Gasteiger partial charge in [0.05, 0.1) is 17.7 Å². The molecule has 38 heavy (non-hydrogen) atoms. The number of carbonyl (C=O) groups is 1. The third-order valence-electron chi connectivity index (χ3n) is 8.13. The van der Waals surface area contributed by atoms with Crippen molar-refractivity contribution in [3.05, 3.63) is 76.6 Å². The van der Waals surface area contributed by atoms with Crippen LogP contribution in [0.5, 0.6) is 5.75 Å². The number of hydrogen-bond donors (Lipinski definition) is 1. The fourth-order valence-corrected chi connectivity index (χ4v) is 6.03. The maximum atomic E-state index is 14.3. The van der Waals surface area contributed by atoms with E-state index < -0.39 is 23.5 Å². The maximum absolute atomic E-state index is 14.3. The predicted molar refractivity (Wildman–Crippen MR) is 146 cm³/mol. The number of carbonyl (C=O) groups excluding carboxylic acids is 1. The van der Waals surface area contributed by atoms with Crippen molar-refractivity contribution in [2.45, 2.75) is 31.0 Å². The van der Waals surface area contributed by atoms with Gasteiger partial charge in [-0.3, -0.25) is 0 Å². The molecule has 0 radical (unpaired) electrons. The lowest BCUT2D eigenvalue weighted by molar-refractivity contribution is -0.100. The molecule has 0 aromatic heterocycles. The molecule has 3 atom stereocenters. The molecule has 3 unspecified atom stereocenters. The number of likely N-dealkylation sites (N-methyl/N-ethyl adjacent to an activating group) is 1. The second kappa shape index (κ2) is 11.2. The van der Waals surface area contributed by atoms with Crippen LogP contribution in [-0.2, 0) is 10.3 Å². The minimum atomic E-state index is -1.09. The van der Waals surface area contributed by atoms with Gasteiger partial charge in [0.25, 0.3) is 0 Å². The summed E-state index contributed by atoms with van der Waals surface area (Å²) in [6.45, 7) is 4.44. The van der Waals surface area contributed by atoms with E-state index in [-0.39, 0.29) is 16.5 Å². The van der Waals surface area contributed by atoms with Crippen molar-refractivity contribution in [2.24, 2.45) is 5.92 Å². The Morgan fingerprint density at radius 2 is 1.84 bits per heavy atom. The Hall–Kier alpha value is -2.71. The van der Waals surface area contributed by atoms with E-state index in [1.807, 2.05) is 30.3 Å². The molecule has 0 amide bonds. The highest BCUT2D eigenvalue weighted by Crippen LogP contribution is 2.44. The number of methoxy groups -OCH3 is 1. The maximum Gasteiger partial charge on any atom is 0.342 e. The molecular formula is C30H34ClFN2O4. The van der Waals surface area contributed by atoms with Gasteiger partial charge in [0, 0.05) is 38.6 Å². The monoisotopic (exact) mass is 540 g/mol. The zero-order valence-corrected chi connectivity index (χ0v) is 22.6. The highest BCUT2D eigenvalue weighted by Gasteiger charge is 2.45. The van der Waals surface area contributed by atoms with E-state index in [0.29, 0.717) is 25.8 Å². The van der Waals surface area contributed by atoms with E-state index in [1.165, 1.54) is 18.2 Å². The second-order valence-corrected chi connectivity index (χ2v) is 11.0. The number of rotatable bonds is 6. The SMILES string of the molecule is COc1ccc2cc(C3(O)CCC(OC(=O)c4c(F)cccc4Cl)CC3CN3CCN(C)CC3)ccc2c1. The van der Waals surface area contributed by atoms with Gasteiger partial charge in [0.15, 0.2) is 0 Å². The molecule has 6 nitrogen and oxygen atoms in total. The molecule has 3 aromatic carbocycles. The average molecular weight is 541 g/mol. The molecule has 1 aliphatic heterocycles. The van der Waals surface area contributed by atoms with Crippen LogP contribution in [-0.4, -0.2) is 73.9 Å². The predicted octanol–water partition coefficient (Wildman–Crippen LogP) is 5.10. The minimum Gasteiger partial charge on any atom is -0.497 e. The number of ether oxygens (including phenoxy) is 2. The van der Waals surface area contributed by atoms with Crippen LogP contribution in [0.1, 0.15) is 35.2 Å². The molecule has 5 rings (SSSR count). The van der Waals surface area contributed by atoms with Crippen LogP contribution in [0.4, 0.5) is 4.39 Å². The van der Waals surface area contributed by atoms with Gasteiger partial charge in [-0.15, -0.1) is 0 Å². The Morgan fingerprint density at radius 3 is 2.58 bits per heavy atom. The highest BCUT2D eigenvalue weighted by atomic mass is 35.5. The van der Waals surface area contributed by atoms with Crippen LogP contribution in [0.2, 0.25) is 5.02 Å². The van der Waals surface area contributed by atoms with Crippen molar-refractivity contribution in [3.63, 3.8) is 0 Å². The van der Waals surface area contributed by atoms with Gasteiger partial charge in [0.1, 0.15) is 23.2 Å². The Labute approximate surface area is 227 Å². The van der Waals surface area contributed by atoms with E-state index >= 15 is 0 Å². The van der Waals surface area contributed by atoms with Crippen molar-refractivity contribution < 1.29 is 23.8 Å². The average Bonchev–Trinajstić information content (AvgIpc) is 2.91. The number of nitrogens with zero attached hydrogens (tertiary/aromatic N) is 2. The molecule has 1 aliphatic carbocycles. The fourth-order valence-electron chi connectivity index (χ4n) is 5.79. The molecule has 0 bridgehead atoms. The zero-order chi connectivity index (χ0) is 26.9. The van der Waals surface area contributed by atoms with Crippen LogP contribution in [0, 0.1) is 11.7 Å². The lowest BCUT2D eigenvalue weighted by Crippen LogP contribution is -2.52. The van der Waals surface area contributed by atoms with E-state index in [1.54, 1.807) is 7.11 Å². The molecule has 3 aromatic rings. The topological polar surface area (TPSA) is 62.2 Å². The summed E-state index contributed by atoms with van der Waals surface area (Å²) in [5, 5.41) is 14.3. The Kier molecular flexibility index (Phi) is 7.91. The van der Waals surface area contributed by atoms with Gasteiger partial charge in [0.2, 0.25) is 0 Å². The first-order valence-electron chi connectivity index (χ1n) is 13.1. The van der Waals surface area contributed by atoms with Crippen LogP contribution in [0.15, 0.2) is 54.6 Å². The van der Waals surface area contributed by atoms with E-state index in [2.05, 4.69) is 22.9 Å². The normalized spacial score (nSPS) is 24.9. The summed E-state index contributed by atoms with van der Waals surface area (Å²) in [4.78, 5) is 17.6. The summed E-state index contributed by atoms with van der Waals surface area (Å²) in [5.74, 6) is -0.850. The summed E-state index contributed by atoms with van der Waals surface area (Å²) < 4.78 is 25.5. The highest BCUT2D eigenvalue weighted by molar-refractivity contribution is 6.33. The molecule has 2 fully saturated rings. The summed E-state index contributed by atoms with van der Waals surface area (Å²) in [5.41, 5.74) is -0.470. The quantitative estimate of drug-likeness (QED) is 0.439. The second-order valence-electron chi connectivity index (χ2n) is 10.6. The number of esters is 1. The standard InChI is InChI=1S/C30H34ClFN2O4/c1-33-12-14-34(15-13-33)19-23-18-25(38-29(35)28-26(31)4-3-5-27(28)32)10-11-30(23,36)22-8-6-21-17-24(37-2)9-7-20(21)16-22/h3-9,16-17,23,25,36H,10-15,18-19H2,1-2H3. The van der Waals surface area contributed by atoms with E-state index in [4.69, 9.17) is 21.1 Å². The van der Waals surface area contributed by atoms with Gasteiger partial charge in [-0.2, -0.15) is 0 Å². The number of aliphatic hydroxyl groups is 1. The Bertz CT molecular complexity index is 1290. The summed E-state index contributed by atoms with van der Waals surface area (Å²) in [6.07, 6.45) is 0.923. The first kappa shape index (κ1) is 26.9. The number of benzene rings is 3. The molecule has 1 N–H and O–H groups in total. The molecule has 1 saturated carbocycles. The smallest absolute Gasteiger partial charge is 0.342 e. The number of halogens is 2. The van der Waals surface area contributed by atoms with E-state index in [0.717, 1.165) is 48.3 Å². The van der Waals surface area contributed by atoms with Gasteiger partial charge < -0.3 is 24.4 Å². The summed E-state index contributed by atoms with van der Waals surface area (Å²) in [6, 6.07) is 16.1. The van der Waals surface area contributed by atoms with Crippen molar-refractivity contribution in [1.29, 1.82) is 0 Å². The third-order valence-corrected chi connectivity index (χ3v) is 8.45. The van der Waals surface area contributed by atoms with Gasteiger partial charge in [-0.05, 0) is 73.0 Å². The molecule has 1 saturated heterocycles. The lowest BCUT2D eigenvalue weighted by Gasteiger charge is -2.46. The van der Waals surface area contributed by atoms with Crippen molar-refractivity contribution in [2.75, 3.05) is 46.9 Å². The van der Waals surface area contributed by atoms with Crippen LogP contribution in [0.3, 0.4) is 0 Å². The fraction of sp³-hybridized carbons (Fsp3) is 0.433. The van der Waals surface area contributed by atoms with Crippen LogP contribution < -0.4 is 4.74 Å². The molecule has 1 heterocycles. The minimum absolute atomic E-state index is 0.0316. The Morgan fingerprint density at radius 1 is 1.11 bits per heavy atom. The zero-order valence-electron chi connectivity index (χ0n) is 21.8. The summed E-state index contributed by atoms with van der Waals surface area (Å²) in [7, 11) is 3.76. The molecule has 0 spiro atoms. The van der Waals surface area contributed by atoms with Gasteiger partial charge >= 0.3 is 5.97 Å². The molecule has 2 aliphatic rings. The molecule has 202 valence electrons. The van der Waals surface area contributed by atoms with Crippen molar-refractivity contribution in [3.8, 4) is 5.75 Å².